The van der Waals surface area contributed by atoms with Crippen molar-refractivity contribution in [2.75, 3.05) is 11.0 Å². The van der Waals surface area contributed by atoms with Gasteiger partial charge in [-0.15, -0.1) is 23.2 Å². The fourth-order valence-electron chi connectivity index (χ4n) is 0.183. The van der Waals surface area contributed by atoms with Gasteiger partial charge in [0, 0.05) is 11.0 Å². The zero-order chi connectivity index (χ0) is 5.54. The van der Waals surface area contributed by atoms with Gasteiger partial charge < -0.3 is 0 Å². The van der Waals surface area contributed by atoms with Crippen LogP contribution < -0.4 is 0 Å². The van der Waals surface area contributed by atoms with E-state index >= 15 is 0 Å². The van der Waals surface area contributed by atoms with Crippen LogP contribution in [0.1, 0.15) is 0 Å². The summed E-state index contributed by atoms with van der Waals surface area (Å²) in [5, 5.41) is 0. The van der Waals surface area contributed by atoms with Crippen LogP contribution in [0.15, 0.2) is 0 Å². The minimum absolute atomic E-state index is 0.809. The normalized spacial score (nSPS) is 9.43. The molecule has 0 aromatic rings. The zero-order valence-electron chi connectivity index (χ0n) is 3.88. The van der Waals surface area contributed by atoms with Crippen LogP contribution in [0.4, 0.5) is 0 Å². The van der Waals surface area contributed by atoms with Gasteiger partial charge in [-0.25, -0.2) is 0 Å². The Morgan fingerprint density at radius 3 is 1.71 bits per heavy atom. The summed E-state index contributed by atoms with van der Waals surface area (Å²) in [5.74, 6) is 0. The summed E-state index contributed by atoms with van der Waals surface area (Å²) in [7, 11) is 1.83. The Bertz CT molecular complexity index is 30.1. The van der Waals surface area contributed by atoms with Crippen LogP contribution in [-0.4, -0.2) is 30.0 Å². The van der Waals surface area contributed by atoms with E-state index in [9.17, 15) is 0 Å². The molecule has 40 valence electrons. The van der Waals surface area contributed by atoms with Gasteiger partial charge in [-0.3, -0.25) is 0 Å². The first kappa shape index (κ1) is 8.01. The smallest absolute Gasteiger partial charge is 0.0541 e. The molecule has 0 nitrogen and oxygen atoms in total. The lowest BCUT2D eigenvalue weighted by molar-refractivity contribution is 1.85. The Labute approximate surface area is 59.2 Å². The van der Waals surface area contributed by atoms with Gasteiger partial charge >= 0.3 is 0 Å². The molecular formula is C3H6Cl2Si2. The fourth-order valence-corrected chi connectivity index (χ4v) is 3.35. The summed E-state index contributed by atoms with van der Waals surface area (Å²) in [6, 6.07) is 0. The number of halogens is 2. The molecule has 0 aromatic carbocycles. The number of rotatable bonds is 4. The van der Waals surface area contributed by atoms with E-state index in [1.54, 1.807) is 0 Å². The maximum atomic E-state index is 5.41. The highest BCUT2D eigenvalue weighted by atomic mass is 35.5. The molecular weight excluding hydrogens is 163 g/mol. The summed E-state index contributed by atoms with van der Waals surface area (Å²) in [4.78, 5) is 0. The quantitative estimate of drug-likeness (QED) is 0.336. The molecule has 0 amide bonds. The minimum atomic E-state index is 0.809. The molecule has 0 heterocycles. The first-order valence-corrected chi connectivity index (χ1v) is 5.85. The second kappa shape index (κ2) is 7.01. The molecule has 0 aliphatic rings. The van der Waals surface area contributed by atoms with E-state index in [2.05, 4.69) is 0 Å². The molecule has 4 heteroatoms. The largest absolute Gasteiger partial charge is 0.131 e. The lowest BCUT2D eigenvalue weighted by Crippen LogP contribution is -1.99. The van der Waals surface area contributed by atoms with Gasteiger partial charge in [0.05, 0.1) is 19.0 Å². The van der Waals surface area contributed by atoms with E-state index in [0.717, 1.165) is 30.0 Å². The monoisotopic (exact) mass is 168 g/mol. The van der Waals surface area contributed by atoms with Crippen LogP contribution >= 0.6 is 23.2 Å². The van der Waals surface area contributed by atoms with Crippen molar-refractivity contribution in [2.24, 2.45) is 0 Å². The molecule has 0 saturated carbocycles. The van der Waals surface area contributed by atoms with E-state index in [4.69, 9.17) is 23.2 Å². The average Bonchev–Trinajstić information content (AvgIpc) is 1.69. The van der Waals surface area contributed by atoms with Gasteiger partial charge in [0.25, 0.3) is 0 Å². The highest BCUT2D eigenvalue weighted by Crippen LogP contribution is 1.80. The van der Waals surface area contributed by atoms with E-state index in [0.29, 0.717) is 0 Å². The van der Waals surface area contributed by atoms with Crippen molar-refractivity contribution in [3.05, 3.63) is 0 Å². The van der Waals surface area contributed by atoms with Crippen molar-refractivity contribution in [3.63, 3.8) is 0 Å². The second-order valence-corrected chi connectivity index (χ2v) is 5.50. The van der Waals surface area contributed by atoms with Crippen LogP contribution in [0.2, 0.25) is 5.67 Å². The maximum Gasteiger partial charge on any atom is 0.0541 e. The summed E-state index contributed by atoms with van der Waals surface area (Å²) in [6.45, 7) is 0. The molecule has 0 N–H and O–H groups in total. The number of hydrogen-bond donors (Lipinski definition) is 0. The third kappa shape index (κ3) is 7.01. The van der Waals surface area contributed by atoms with Gasteiger partial charge in [0.1, 0.15) is 0 Å². The van der Waals surface area contributed by atoms with Gasteiger partial charge in [-0.05, 0) is 0 Å². The van der Waals surface area contributed by atoms with E-state index < -0.39 is 0 Å². The molecule has 0 bridgehead atoms. The molecule has 4 radical (unpaired) electrons. The summed E-state index contributed by atoms with van der Waals surface area (Å²) >= 11 is 10.8. The third-order valence-corrected chi connectivity index (χ3v) is 3.95. The highest BCUT2D eigenvalue weighted by Gasteiger charge is 1.85. The van der Waals surface area contributed by atoms with Crippen molar-refractivity contribution < 1.29 is 0 Å². The Hall–Kier alpha value is 1.01. The molecule has 0 aromatic heterocycles. The fraction of sp³-hybridized carbons (Fsp3) is 1.00. The third-order valence-electron chi connectivity index (χ3n) is 0.439. The van der Waals surface area contributed by atoms with Crippen molar-refractivity contribution in [1.82, 2.24) is 0 Å². The molecule has 0 spiro atoms. The predicted molar refractivity (Wildman–Crippen MR) is 37.8 cm³/mol. The van der Waals surface area contributed by atoms with Crippen LogP contribution in [0.5, 0.6) is 0 Å². The molecule has 0 fully saturated rings. The van der Waals surface area contributed by atoms with Gasteiger partial charge in [0.15, 0.2) is 0 Å². The molecule has 0 saturated heterocycles. The maximum absolute atomic E-state index is 5.41. The van der Waals surface area contributed by atoms with Crippen molar-refractivity contribution in [1.29, 1.82) is 0 Å². The predicted octanol–water partition coefficient (Wildman–Crippen LogP) is 1.16. The molecule has 0 atom stereocenters. The second-order valence-electron chi connectivity index (χ2n) is 0.944. The van der Waals surface area contributed by atoms with Crippen LogP contribution in [-0.2, 0) is 0 Å². The summed E-state index contributed by atoms with van der Waals surface area (Å²) in [6.07, 6.45) is 0. The van der Waals surface area contributed by atoms with E-state index in [-0.39, 0.29) is 0 Å². The molecule has 0 aliphatic heterocycles. The van der Waals surface area contributed by atoms with E-state index in [1.807, 2.05) is 0 Å². The van der Waals surface area contributed by atoms with Gasteiger partial charge in [-0.1, -0.05) is 5.67 Å². The lowest BCUT2D eigenvalue weighted by Gasteiger charge is -1.85. The molecule has 0 unspecified atom stereocenters. The minimum Gasteiger partial charge on any atom is -0.131 e. The van der Waals surface area contributed by atoms with Crippen LogP contribution in [0.25, 0.3) is 0 Å². The molecule has 0 rings (SSSR count). The first-order valence-electron chi connectivity index (χ1n) is 1.95. The standard InChI is InChI=1S/C3H6Cl2Si2/c4-1-6-3-7-2-5/h1-3H2. The van der Waals surface area contributed by atoms with Crippen molar-refractivity contribution >= 4 is 42.2 Å². The number of hydrogen-bond acceptors (Lipinski definition) is 0. The Morgan fingerprint density at radius 1 is 1.00 bits per heavy atom. The van der Waals surface area contributed by atoms with Gasteiger partial charge in [-0.2, -0.15) is 0 Å². The summed E-state index contributed by atoms with van der Waals surface area (Å²) in [5.41, 5.74) is 2.85. The summed E-state index contributed by atoms with van der Waals surface area (Å²) < 4.78 is 0. The molecule has 0 aliphatic carbocycles. The van der Waals surface area contributed by atoms with E-state index in [1.165, 1.54) is 5.67 Å². The van der Waals surface area contributed by atoms with Crippen molar-refractivity contribution in [3.8, 4) is 0 Å². The Balaban J connectivity index is 2.45. The van der Waals surface area contributed by atoms with Gasteiger partial charge in [0.2, 0.25) is 0 Å². The zero-order valence-corrected chi connectivity index (χ0v) is 7.39. The lowest BCUT2D eigenvalue weighted by atomic mass is 11.8. The SMILES string of the molecule is ClC[Si]C[Si]CCl. The Kier molecular flexibility index (Phi) is 8.03. The molecule has 7 heavy (non-hydrogen) atoms. The average molecular weight is 169 g/mol. The Morgan fingerprint density at radius 2 is 1.43 bits per heavy atom. The van der Waals surface area contributed by atoms with Crippen LogP contribution in [0.3, 0.4) is 0 Å². The topological polar surface area (TPSA) is 0 Å². The first-order chi connectivity index (χ1) is 3.41. The number of alkyl halides is 2. The highest BCUT2D eigenvalue weighted by molar-refractivity contribution is 6.65. The van der Waals surface area contributed by atoms with Crippen LogP contribution in [0, 0.1) is 0 Å². The van der Waals surface area contributed by atoms with Crippen molar-refractivity contribution in [2.45, 2.75) is 5.67 Å².